The fraction of sp³-hybridized carbons (Fsp3) is 0.312. The van der Waals surface area contributed by atoms with Gasteiger partial charge in [-0.25, -0.2) is 28.1 Å². The number of aliphatic hydroxyl groups excluding tert-OH is 2. The molecular formula is C16H17ClN6O5S. The molecule has 3 heterocycles. The summed E-state index contributed by atoms with van der Waals surface area (Å²) in [5, 5.41) is 21.0. The van der Waals surface area contributed by atoms with Crippen molar-refractivity contribution in [2.45, 2.75) is 29.4 Å². The van der Waals surface area contributed by atoms with Crippen molar-refractivity contribution in [2.24, 2.45) is 0 Å². The van der Waals surface area contributed by atoms with Gasteiger partial charge in [-0.05, 0) is 18.2 Å². The molecule has 0 radical (unpaired) electrons. The Kier molecular flexibility index (Phi) is 5.14. The molecule has 4 atom stereocenters. The van der Waals surface area contributed by atoms with E-state index in [0.717, 1.165) is 0 Å². The highest BCUT2D eigenvalue weighted by Crippen LogP contribution is 2.32. The second-order valence-electron chi connectivity index (χ2n) is 6.44. The number of anilines is 1. The largest absolute Gasteiger partial charge is 0.387 e. The molecule has 3 aromatic rings. The monoisotopic (exact) mass is 440 g/mol. The van der Waals surface area contributed by atoms with E-state index in [0.29, 0.717) is 11.2 Å². The number of ether oxygens (including phenoxy) is 1. The van der Waals surface area contributed by atoms with Crippen LogP contribution in [0.5, 0.6) is 0 Å². The maximum atomic E-state index is 12.4. The minimum atomic E-state index is -3.89. The molecule has 1 aliphatic heterocycles. The van der Waals surface area contributed by atoms with E-state index in [-0.39, 0.29) is 22.3 Å². The first kappa shape index (κ1) is 19.9. The Morgan fingerprint density at radius 1 is 1.24 bits per heavy atom. The number of hydrogen-bond acceptors (Lipinski definition) is 9. The van der Waals surface area contributed by atoms with Crippen molar-refractivity contribution in [1.29, 1.82) is 0 Å². The van der Waals surface area contributed by atoms with Gasteiger partial charge in [-0.2, -0.15) is 0 Å². The number of imidazole rings is 1. The zero-order valence-electron chi connectivity index (χ0n) is 14.8. The molecule has 4 rings (SSSR count). The van der Waals surface area contributed by atoms with Gasteiger partial charge in [-0.3, -0.25) is 4.57 Å². The molecule has 1 aromatic carbocycles. The number of halogens is 1. The third-order valence-corrected chi connectivity index (χ3v) is 6.24. The Balaban J connectivity index is 1.52. The summed E-state index contributed by atoms with van der Waals surface area (Å²) >= 11 is 5.84. The number of aliphatic hydroxyl groups is 2. The van der Waals surface area contributed by atoms with Crippen molar-refractivity contribution >= 4 is 38.6 Å². The van der Waals surface area contributed by atoms with Crippen LogP contribution in [0, 0.1) is 0 Å². The Morgan fingerprint density at radius 2 is 2.03 bits per heavy atom. The van der Waals surface area contributed by atoms with Gasteiger partial charge in [0.25, 0.3) is 0 Å². The van der Waals surface area contributed by atoms with Gasteiger partial charge in [-0.15, -0.1) is 0 Å². The summed E-state index contributed by atoms with van der Waals surface area (Å²) < 4.78 is 34.3. The van der Waals surface area contributed by atoms with Gasteiger partial charge in [0.1, 0.15) is 30.2 Å². The Morgan fingerprint density at radius 3 is 2.79 bits per heavy atom. The molecule has 29 heavy (non-hydrogen) atoms. The minimum Gasteiger partial charge on any atom is -0.387 e. The molecule has 1 fully saturated rings. The van der Waals surface area contributed by atoms with Gasteiger partial charge < -0.3 is 20.7 Å². The first-order chi connectivity index (χ1) is 13.8. The molecule has 154 valence electrons. The molecule has 0 bridgehead atoms. The van der Waals surface area contributed by atoms with Crippen LogP contribution in [0.1, 0.15) is 6.23 Å². The minimum absolute atomic E-state index is 0.0256. The zero-order chi connectivity index (χ0) is 20.8. The summed E-state index contributed by atoms with van der Waals surface area (Å²) in [6.07, 6.45) is -2.15. The summed E-state index contributed by atoms with van der Waals surface area (Å²) in [6, 6.07) is 5.75. The number of nitrogen functional groups attached to an aromatic ring is 1. The van der Waals surface area contributed by atoms with Gasteiger partial charge in [0, 0.05) is 11.6 Å². The molecule has 5 N–H and O–H groups in total. The molecule has 1 saturated heterocycles. The lowest BCUT2D eigenvalue weighted by atomic mass is 10.1. The smallest absolute Gasteiger partial charge is 0.240 e. The number of benzene rings is 1. The average Bonchev–Trinajstić information content (AvgIpc) is 3.23. The standard InChI is InChI=1S/C16H17ClN6O5S/c17-8-2-1-3-9(4-8)29(26,27)22-5-10-12(24)13(25)16(28-10)23-7-21-11-14(18)19-6-20-15(11)23/h1-4,6-7,10,12-13,16,22,24-25H,5H2,(H2,18,19,20)/t10-,12-,13-,16-/m1/s1. The van der Waals surface area contributed by atoms with Crippen LogP contribution in [0.2, 0.25) is 5.02 Å². The molecule has 0 spiro atoms. The second kappa shape index (κ2) is 7.48. The van der Waals surface area contributed by atoms with E-state index in [4.69, 9.17) is 22.1 Å². The molecule has 0 aliphatic carbocycles. The van der Waals surface area contributed by atoms with Crippen LogP contribution in [0.15, 0.2) is 41.8 Å². The van der Waals surface area contributed by atoms with Crippen molar-refractivity contribution in [3.63, 3.8) is 0 Å². The summed E-state index contributed by atoms with van der Waals surface area (Å²) in [7, 11) is -3.89. The summed E-state index contributed by atoms with van der Waals surface area (Å²) in [6.45, 7) is -0.271. The molecular weight excluding hydrogens is 424 g/mol. The van der Waals surface area contributed by atoms with Crippen molar-refractivity contribution in [2.75, 3.05) is 12.3 Å². The lowest BCUT2D eigenvalue weighted by Crippen LogP contribution is -2.39. The number of sulfonamides is 1. The lowest BCUT2D eigenvalue weighted by molar-refractivity contribution is -0.0330. The van der Waals surface area contributed by atoms with Crippen LogP contribution >= 0.6 is 11.6 Å². The molecule has 0 unspecified atom stereocenters. The topological polar surface area (TPSA) is 165 Å². The Bertz CT molecular complexity index is 1160. The van der Waals surface area contributed by atoms with E-state index in [2.05, 4.69) is 19.7 Å². The van der Waals surface area contributed by atoms with E-state index >= 15 is 0 Å². The lowest BCUT2D eigenvalue weighted by Gasteiger charge is -2.16. The number of nitrogens with zero attached hydrogens (tertiary/aromatic N) is 4. The highest BCUT2D eigenvalue weighted by molar-refractivity contribution is 7.89. The summed E-state index contributed by atoms with van der Waals surface area (Å²) in [4.78, 5) is 12.0. The third kappa shape index (κ3) is 3.66. The van der Waals surface area contributed by atoms with Crippen molar-refractivity contribution in [1.82, 2.24) is 24.2 Å². The van der Waals surface area contributed by atoms with Crippen LogP contribution in [0.4, 0.5) is 5.82 Å². The first-order valence-electron chi connectivity index (χ1n) is 8.48. The van der Waals surface area contributed by atoms with Gasteiger partial charge in [0.05, 0.1) is 11.2 Å². The summed E-state index contributed by atoms with van der Waals surface area (Å²) in [5.41, 5.74) is 6.39. The van der Waals surface area contributed by atoms with Gasteiger partial charge in [0.15, 0.2) is 17.7 Å². The first-order valence-corrected chi connectivity index (χ1v) is 10.3. The predicted octanol–water partition coefficient (Wildman–Crippen LogP) is -0.340. The summed E-state index contributed by atoms with van der Waals surface area (Å²) in [5.74, 6) is 0.160. The van der Waals surface area contributed by atoms with E-state index in [1.807, 2.05) is 0 Å². The number of nitrogens with two attached hydrogens (primary N) is 1. The second-order valence-corrected chi connectivity index (χ2v) is 8.64. The number of nitrogens with one attached hydrogen (secondary N) is 1. The highest BCUT2D eigenvalue weighted by Gasteiger charge is 2.44. The average molecular weight is 441 g/mol. The van der Waals surface area contributed by atoms with Gasteiger partial charge in [0.2, 0.25) is 10.0 Å². The van der Waals surface area contributed by atoms with Gasteiger partial charge >= 0.3 is 0 Å². The van der Waals surface area contributed by atoms with Crippen LogP contribution in [0.3, 0.4) is 0 Å². The van der Waals surface area contributed by atoms with Gasteiger partial charge in [-0.1, -0.05) is 17.7 Å². The number of fused-ring (bicyclic) bond motifs is 1. The number of hydrogen-bond donors (Lipinski definition) is 4. The Hall–Kier alpha value is -2.35. The number of aromatic nitrogens is 4. The number of rotatable bonds is 5. The maximum absolute atomic E-state index is 12.4. The molecule has 11 nitrogen and oxygen atoms in total. The highest BCUT2D eigenvalue weighted by atomic mass is 35.5. The van der Waals surface area contributed by atoms with Crippen LogP contribution in [-0.2, 0) is 14.8 Å². The third-order valence-electron chi connectivity index (χ3n) is 4.58. The quantitative estimate of drug-likeness (QED) is 0.415. The van der Waals surface area contributed by atoms with Crippen molar-refractivity contribution in [3.05, 3.63) is 41.9 Å². The van der Waals surface area contributed by atoms with E-state index < -0.39 is 34.6 Å². The molecule has 1 aliphatic rings. The maximum Gasteiger partial charge on any atom is 0.240 e. The molecule has 13 heteroatoms. The SMILES string of the molecule is Nc1ncnc2c1ncn2[C@@H]1O[C@H](CNS(=O)(=O)c2cccc(Cl)c2)[C@@H](O)[C@H]1O. The fourth-order valence-electron chi connectivity index (χ4n) is 3.09. The zero-order valence-corrected chi connectivity index (χ0v) is 16.3. The molecule has 0 saturated carbocycles. The molecule has 0 amide bonds. The van der Waals surface area contributed by atoms with Crippen molar-refractivity contribution in [3.8, 4) is 0 Å². The van der Waals surface area contributed by atoms with Crippen LogP contribution in [-0.4, -0.2) is 63.0 Å². The molecule has 2 aromatic heterocycles. The van der Waals surface area contributed by atoms with E-state index in [1.165, 1.54) is 35.4 Å². The Labute approximate surface area is 170 Å². The normalized spacial score (nSPS) is 24.9. The van der Waals surface area contributed by atoms with Crippen molar-refractivity contribution < 1.29 is 23.4 Å². The van der Waals surface area contributed by atoms with Crippen LogP contribution < -0.4 is 10.5 Å². The van der Waals surface area contributed by atoms with Crippen LogP contribution in [0.25, 0.3) is 11.2 Å². The van der Waals surface area contributed by atoms with E-state index in [1.54, 1.807) is 6.07 Å². The fourth-order valence-corrected chi connectivity index (χ4v) is 4.44. The van der Waals surface area contributed by atoms with E-state index in [9.17, 15) is 18.6 Å². The predicted molar refractivity (Wildman–Crippen MR) is 102 cm³/mol.